The minimum absolute atomic E-state index is 0.121. The van der Waals surface area contributed by atoms with Crippen LogP contribution in [0.3, 0.4) is 0 Å². The van der Waals surface area contributed by atoms with Crippen molar-refractivity contribution in [1.82, 2.24) is 5.01 Å². The van der Waals surface area contributed by atoms with Crippen LogP contribution in [0, 0.1) is 11.6 Å². The predicted molar refractivity (Wildman–Crippen MR) is 104 cm³/mol. The van der Waals surface area contributed by atoms with Crippen molar-refractivity contribution in [2.75, 3.05) is 30.0 Å². The molecule has 0 spiro atoms. The van der Waals surface area contributed by atoms with E-state index < -0.39 is 41.4 Å². The summed E-state index contributed by atoms with van der Waals surface area (Å²) in [6, 6.07) is 5.27. The Labute approximate surface area is 179 Å². The van der Waals surface area contributed by atoms with E-state index >= 15 is 0 Å². The number of benzene rings is 2. The van der Waals surface area contributed by atoms with Crippen molar-refractivity contribution in [3.63, 3.8) is 0 Å². The summed E-state index contributed by atoms with van der Waals surface area (Å²) in [6.45, 7) is 0.478. The summed E-state index contributed by atoms with van der Waals surface area (Å²) in [6.07, 6.45) is 0. The summed E-state index contributed by atoms with van der Waals surface area (Å²) < 4.78 is 37.7. The maximum atomic E-state index is 13.6. The van der Waals surface area contributed by atoms with E-state index in [1.54, 1.807) is 18.2 Å². The average Bonchev–Trinajstić information content (AvgIpc) is 3.29. The largest absolute Gasteiger partial charge is 0.486 e. The van der Waals surface area contributed by atoms with Gasteiger partial charge in [0, 0.05) is 17.8 Å². The quantitative estimate of drug-likeness (QED) is 0.720. The van der Waals surface area contributed by atoms with E-state index in [1.165, 1.54) is 0 Å². The zero-order valence-corrected chi connectivity index (χ0v) is 16.3. The van der Waals surface area contributed by atoms with E-state index in [9.17, 15) is 23.2 Å². The highest BCUT2D eigenvalue weighted by atomic mass is 19.2. The number of anilines is 2. The molecule has 0 aromatic heterocycles. The van der Waals surface area contributed by atoms with E-state index in [-0.39, 0.29) is 12.2 Å². The van der Waals surface area contributed by atoms with Crippen molar-refractivity contribution in [3.8, 4) is 11.5 Å². The van der Waals surface area contributed by atoms with Crippen LogP contribution in [0.5, 0.6) is 11.5 Å². The number of amides is 3. The van der Waals surface area contributed by atoms with Crippen molar-refractivity contribution in [1.29, 1.82) is 0 Å². The van der Waals surface area contributed by atoms with Crippen LogP contribution in [-0.4, -0.2) is 54.6 Å². The summed E-state index contributed by atoms with van der Waals surface area (Å²) in [4.78, 5) is 38.7. The second-order valence-electron chi connectivity index (χ2n) is 7.21. The molecule has 2 atom stereocenters. The van der Waals surface area contributed by atoms with Crippen molar-refractivity contribution in [3.05, 3.63) is 48.0 Å². The number of hydrogen-bond donors (Lipinski definition) is 1. The van der Waals surface area contributed by atoms with E-state index in [2.05, 4.69) is 15.7 Å². The minimum Gasteiger partial charge on any atom is -0.486 e. The molecule has 3 aliphatic heterocycles. The molecule has 0 aliphatic carbocycles. The Bertz CT molecular complexity index is 1170. The molecule has 10 nitrogen and oxygen atoms in total. The highest BCUT2D eigenvalue weighted by molar-refractivity contribution is 6.25. The van der Waals surface area contributed by atoms with Gasteiger partial charge in [-0.3, -0.25) is 19.4 Å². The zero-order chi connectivity index (χ0) is 22.4. The second kappa shape index (κ2) is 7.55. The van der Waals surface area contributed by atoms with Crippen LogP contribution in [0.2, 0.25) is 0 Å². The lowest BCUT2D eigenvalue weighted by Gasteiger charge is -2.21. The molecule has 1 N–H and O–H groups in total. The monoisotopic (exact) mass is 443 g/mol. The maximum Gasteiger partial charge on any atom is 0.263 e. The Morgan fingerprint density at radius 2 is 1.81 bits per heavy atom. The van der Waals surface area contributed by atoms with Gasteiger partial charge in [0.1, 0.15) is 19.8 Å². The molecule has 2 aromatic rings. The fourth-order valence-electron chi connectivity index (χ4n) is 3.70. The van der Waals surface area contributed by atoms with Gasteiger partial charge >= 0.3 is 0 Å². The fourth-order valence-corrected chi connectivity index (χ4v) is 3.70. The van der Waals surface area contributed by atoms with E-state index in [0.717, 1.165) is 28.1 Å². The smallest absolute Gasteiger partial charge is 0.263 e. The first-order chi connectivity index (χ1) is 15.4. The fraction of sp³-hybridized carbons (Fsp3) is 0.250. The van der Waals surface area contributed by atoms with Crippen molar-refractivity contribution >= 4 is 29.1 Å². The third-order valence-electron chi connectivity index (χ3n) is 5.15. The second-order valence-corrected chi connectivity index (χ2v) is 7.21. The number of carbonyl (C=O) groups is 3. The van der Waals surface area contributed by atoms with Gasteiger partial charge in [-0.05, 0) is 24.3 Å². The number of halogens is 2. The predicted octanol–water partition coefficient (Wildman–Crippen LogP) is 1.67. The molecule has 5 rings (SSSR count). The standard InChI is InChI=1S/C20H15F2N5O5/c21-12-3-2-11(8-13(12)22)27-19(29)17-18(20(27)30)26(25-24-17)9-16(28)23-10-1-4-14-15(7-10)32-6-5-31-14/h1-4,7-8,17-18H,5-6,9H2,(H,23,28)/t17-,18+/m0/s1. The van der Waals surface area contributed by atoms with Crippen LogP contribution in [0.4, 0.5) is 20.2 Å². The Kier molecular flexibility index (Phi) is 4.68. The molecular formula is C20H15F2N5O5. The van der Waals surface area contributed by atoms with Crippen LogP contribution in [-0.2, 0) is 14.4 Å². The van der Waals surface area contributed by atoms with Gasteiger partial charge in [0.05, 0.1) is 5.69 Å². The summed E-state index contributed by atoms with van der Waals surface area (Å²) in [5.41, 5.74) is 0.327. The Morgan fingerprint density at radius 3 is 2.59 bits per heavy atom. The molecule has 0 saturated carbocycles. The minimum atomic E-state index is -1.20. The zero-order valence-electron chi connectivity index (χ0n) is 16.3. The normalized spacial score (nSPS) is 21.2. The molecule has 2 aromatic carbocycles. The Hall–Kier alpha value is -4.09. The van der Waals surface area contributed by atoms with Gasteiger partial charge in [0.25, 0.3) is 11.8 Å². The van der Waals surface area contributed by atoms with Crippen molar-refractivity contribution < 1.29 is 32.6 Å². The molecule has 3 heterocycles. The molecule has 0 unspecified atom stereocenters. The first kappa shape index (κ1) is 19.8. The summed E-state index contributed by atoms with van der Waals surface area (Å²) in [5, 5.41) is 11.3. The molecule has 32 heavy (non-hydrogen) atoms. The van der Waals surface area contributed by atoms with Gasteiger partial charge in [-0.1, -0.05) is 5.22 Å². The number of nitrogens with zero attached hydrogens (tertiary/aromatic N) is 4. The van der Waals surface area contributed by atoms with Gasteiger partial charge in [0.2, 0.25) is 5.91 Å². The van der Waals surface area contributed by atoms with Crippen LogP contribution in [0.25, 0.3) is 0 Å². The molecule has 0 bridgehead atoms. The summed E-state index contributed by atoms with van der Waals surface area (Å²) in [7, 11) is 0. The highest BCUT2D eigenvalue weighted by Crippen LogP contribution is 2.34. The van der Waals surface area contributed by atoms with E-state index in [4.69, 9.17) is 9.47 Å². The highest BCUT2D eigenvalue weighted by Gasteiger charge is 2.55. The number of carbonyl (C=O) groups excluding carboxylic acids is 3. The van der Waals surface area contributed by atoms with E-state index in [0.29, 0.717) is 30.4 Å². The van der Waals surface area contributed by atoms with Gasteiger partial charge in [-0.2, -0.15) is 5.11 Å². The average molecular weight is 443 g/mol. The lowest BCUT2D eigenvalue weighted by Crippen LogP contribution is -2.43. The van der Waals surface area contributed by atoms with Gasteiger partial charge in [-0.25, -0.2) is 13.7 Å². The number of ether oxygens (including phenoxy) is 2. The number of hydrogen-bond acceptors (Lipinski definition) is 8. The summed E-state index contributed by atoms with van der Waals surface area (Å²) >= 11 is 0. The Balaban J connectivity index is 1.29. The molecule has 1 fully saturated rings. The molecule has 3 amide bonds. The van der Waals surface area contributed by atoms with Gasteiger partial charge in [0.15, 0.2) is 35.2 Å². The van der Waals surface area contributed by atoms with Gasteiger partial charge in [-0.15, -0.1) is 0 Å². The number of imide groups is 1. The number of nitrogens with one attached hydrogen (secondary N) is 1. The molecule has 164 valence electrons. The van der Waals surface area contributed by atoms with E-state index in [1.807, 2.05) is 0 Å². The Morgan fingerprint density at radius 1 is 1.03 bits per heavy atom. The first-order valence-corrected chi connectivity index (χ1v) is 9.62. The van der Waals surface area contributed by atoms with Gasteiger partial charge < -0.3 is 14.8 Å². The third kappa shape index (κ3) is 3.29. The molecule has 0 radical (unpaired) electrons. The molecule has 3 aliphatic rings. The maximum absolute atomic E-state index is 13.6. The number of rotatable bonds is 4. The first-order valence-electron chi connectivity index (χ1n) is 9.62. The lowest BCUT2D eigenvalue weighted by molar-refractivity contribution is -0.123. The SMILES string of the molecule is O=C(CN1N=N[C@@H]2C(=O)N(c3ccc(F)c(F)c3)C(=O)[C@@H]21)Nc1ccc2c(c1)OCCO2. The topological polar surface area (TPSA) is 113 Å². The molecule has 1 saturated heterocycles. The van der Waals surface area contributed by atoms with Crippen LogP contribution < -0.4 is 19.7 Å². The van der Waals surface area contributed by atoms with Crippen LogP contribution in [0.15, 0.2) is 46.7 Å². The number of fused-ring (bicyclic) bond motifs is 2. The summed E-state index contributed by atoms with van der Waals surface area (Å²) in [5.74, 6) is -3.21. The van der Waals surface area contributed by atoms with Crippen molar-refractivity contribution in [2.24, 2.45) is 10.3 Å². The van der Waals surface area contributed by atoms with Crippen LogP contribution >= 0.6 is 0 Å². The molecule has 12 heteroatoms. The van der Waals surface area contributed by atoms with Crippen molar-refractivity contribution in [2.45, 2.75) is 12.1 Å². The molecular weight excluding hydrogens is 428 g/mol. The van der Waals surface area contributed by atoms with Crippen LogP contribution in [0.1, 0.15) is 0 Å². The lowest BCUT2D eigenvalue weighted by atomic mass is 10.1. The third-order valence-corrected chi connectivity index (χ3v) is 5.15.